The molecule has 0 amide bonds. The topological polar surface area (TPSA) is 44.8 Å². The van der Waals surface area contributed by atoms with Gasteiger partial charge in [0.05, 0.1) is 19.6 Å². The summed E-state index contributed by atoms with van der Waals surface area (Å²) in [4.78, 5) is 11.8. The van der Waals surface area contributed by atoms with Crippen molar-refractivity contribution in [2.45, 2.75) is 32.3 Å². The molecule has 0 aromatic heterocycles. The van der Waals surface area contributed by atoms with Gasteiger partial charge in [0.1, 0.15) is 6.79 Å². The summed E-state index contributed by atoms with van der Waals surface area (Å²) in [5.74, 6) is -0.192. The summed E-state index contributed by atoms with van der Waals surface area (Å²) >= 11 is 0. The van der Waals surface area contributed by atoms with E-state index in [1.165, 1.54) is 0 Å². The minimum atomic E-state index is -0.192. The predicted molar refractivity (Wildman–Crippen MR) is 117 cm³/mol. The number of hydrogen-bond acceptors (Lipinski definition) is 4. The SMILES string of the molecule is C=Cc1ccc(COCOCCCCCOC(=O)Cc2ccc(C=C)cc2)cc1. The van der Waals surface area contributed by atoms with Crippen LogP contribution in [0.1, 0.15) is 41.5 Å². The molecule has 0 aliphatic carbocycles. The smallest absolute Gasteiger partial charge is 0.310 e. The van der Waals surface area contributed by atoms with Crippen LogP contribution in [0.5, 0.6) is 0 Å². The number of ether oxygens (including phenoxy) is 3. The lowest BCUT2D eigenvalue weighted by atomic mass is 10.1. The molecule has 0 spiro atoms. The molecule has 4 heteroatoms. The number of rotatable bonds is 14. The molecule has 2 rings (SSSR count). The maximum atomic E-state index is 11.8. The average Bonchev–Trinajstić information content (AvgIpc) is 2.76. The van der Waals surface area contributed by atoms with Gasteiger partial charge in [-0.15, -0.1) is 0 Å². The van der Waals surface area contributed by atoms with Crippen LogP contribution in [0.4, 0.5) is 0 Å². The highest BCUT2D eigenvalue weighted by atomic mass is 16.7. The minimum Gasteiger partial charge on any atom is -0.465 e. The van der Waals surface area contributed by atoms with Crippen molar-refractivity contribution in [2.24, 2.45) is 0 Å². The van der Waals surface area contributed by atoms with E-state index < -0.39 is 0 Å². The Morgan fingerprint density at radius 2 is 1.34 bits per heavy atom. The van der Waals surface area contributed by atoms with Crippen molar-refractivity contribution >= 4 is 18.1 Å². The molecule has 0 heterocycles. The number of carbonyl (C=O) groups is 1. The van der Waals surface area contributed by atoms with Crippen LogP contribution >= 0.6 is 0 Å². The Morgan fingerprint density at radius 3 is 1.97 bits per heavy atom. The van der Waals surface area contributed by atoms with Gasteiger partial charge in [0.2, 0.25) is 0 Å². The standard InChI is InChI=1S/C25H30O4/c1-3-21-8-12-23(13-9-21)18-25(26)29-17-7-5-6-16-27-20-28-19-24-14-10-22(4-2)11-15-24/h3-4,8-15H,1-2,5-7,16-20H2. The van der Waals surface area contributed by atoms with E-state index in [0.717, 1.165) is 41.5 Å². The highest BCUT2D eigenvalue weighted by Crippen LogP contribution is 2.08. The summed E-state index contributed by atoms with van der Waals surface area (Å²) < 4.78 is 16.3. The lowest BCUT2D eigenvalue weighted by molar-refractivity contribution is -0.142. The molecule has 4 nitrogen and oxygen atoms in total. The second kappa shape index (κ2) is 13.5. The molecular weight excluding hydrogens is 364 g/mol. The Hall–Kier alpha value is -2.69. The molecule has 0 bridgehead atoms. The van der Waals surface area contributed by atoms with E-state index in [1.54, 1.807) is 6.08 Å². The number of benzene rings is 2. The largest absolute Gasteiger partial charge is 0.465 e. The molecule has 0 unspecified atom stereocenters. The number of carbonyl (C=O) groups excluding carboxylic acids is 1. The van der Waals surface area contributed by atoms with E-state index in [2.05, 4.69) is 13.2 Å². The van der Waals surface area contributed by atoms with Crippen molar-refractivity contribution in [3.63, 3.8) is 0 Å². The van der Waals surface area contributed by atoms with E-state index in [-0.39, 0.29) is 12.8 Å². The van der Waals surface area contributed by atoms with Gasteiger partial charge in [0.25, 0.3) is 0 Å². The molecule has 0 aliphatic rings. The van der Waals surface area contributed by atoms with Crippen LogP contribution in [0.2, 0.25) is 0 Å². The molecule has 0 radical (unpaired) electrons. The molecule has 0 saturated carbocycles. The van der Waals surface area contributed by atoms with Gasteiger partial charge in [0.15, 0.2) is 0 Å². The Labute approximate surface area is 173 Å². The van der Waals surface area contributed by atoms with Crippen molar-refractivity contribution in [3.05, 3.63) is 83.9 Å². The van der Waals surface area contributed by atoms with Gasteiger partial charge in [-0.1, -0.05) is 73.8 Å². The van der Waals surface area contributed by atoms with E-state index in [1.807, 2.05) is 54.6 Å². The lowest BCUT2D eigenvalue weighted by Gasteiger charge is -2.07. The predicted octanol–water partition coefficient (Wildman–Crippen LogP) is 5.42. The third-order valence-corrected chi connectivity index (χ3v) is 4.41. The van der Waals surface area contributed by atoms with Crippen LogP contribution in [-0.2, 0) is 32.0 Å². The quantitative estimate of drug-likeness (QED) is 0.244. The molecule has 0 saturated heterocycles. The van der Waals surface area contributed by atoms with Crippen molar-refractivity contribution in [1.29, 1.82) is 0 Å². The third kappa shape index (κ3) is 9.37. The Morgan fingerprint density at radius 1 is 0.759 bits per heavy atom. The number of esters is 1. The molecule has 0 N–H and O–H groups in total. The van der Waals surface area contributed by atoms with Crippen LogP contribution in [0.25, 0.3) is 12.2 Å². The first-order valence-electron chi connectivity index (χ1n) is 9.95. The molecule has 0 atom stereocenters. The highest BCUT2D eigenvalue weighted by molar-refractivity contribution is 5.72. The molecular formula is C25H30O4. The summed E-state index contributed by atoms with van der Waals surface area (Å²) in [7, 11) is 0. The molecule has 154 valence electrons. The fourth-order valence-corrected chi connectivity index (χ4v) is 2.69. The van der Waals surface area contributed by atoms with E-state index >= 15 is 0 Å². The fraction of sp³-hybridized carbons (Fsp3) is 0.320. The van der Waals surface area contributed by atoms with Crippen molar-refractivity contribution in [3.8, 4) is 0 Å². The molecule has 2 aromatic carbocycles. The Bertz CT molecular complexity index is 747. The van der Waals surface area contributed by atoms with Crippen LogP contribution in [0, 0.1) is 0 Å². The van der Waals surface area contributed by atoms with E-state index in [0.29, 0.717) is 26.2 Å². The first-order chi connectivity index (χ1) is 14.2. The first kappa shape index (κ1) is 22.6. The number of unbranched alkanes of at least 4 members (excludes halogenated alkanes) is 2. The third-order valence-electron chi connectivity index (χ3n) is 4.41. The van der Waals surface area contributed by atoms with Crippen LogP contribution < -0.4 is 0 Å². The molecule has 0 aliphatic heterocycles. The minimum absolute atomic E-state index is 0.192. The molecule has 0 fully saturated rings. The van der Waals surface area contributed by atoms with Gasteiger partial charge in [-0.05, 0) is 41.5 Å². The van der Waals surface area contributed by atoms with Crippen LogP contribution in [0.15, 0.2) is 61.7 Å². The van der Waals surface area contributed by atoms with Gasteiger partial charge in [-0.25, -0.2) is 0 Å². The molecule has 2 aromatic rings. The second-order valence-electron chi connectivity index (χ2n) is 6.72. The fourth-order valence-electron chi connectivity index (χ4n) is 2.69. The van der Waals surface area contributed by atoms with Gasteiger partial charge >= 0.3 is 5.97 Å². The van der Waals surface area contributed by atoms with E-state index in [4.69, 9.17) is 14.2 Å². The monoisotopic (exact) mass is 394 g/mol. The van der Waals surface area contributed by atoms with Crippen molar-refractivity contribution < 1.29 is 19.0 Å². The zero-order chi connectivity index (χ0) is 20.7. The van der Waals surface area contributed by atoms with Crippen LogP contribution in [0.3, 0.4) is 0 Å². The van der Waals surface area contributed by atoms with Crippen molar-refractivity contribution in [2.75, 3.05) is 20.0 Å². The van der Waals surface area contributed by atoms with Crippen molar-refractivity contribution in [1.82, 2.24) is 0 Å². The van der Waals surface area contributed by atoms with Gasteiger partial charge in [0, 0.05) is 6.61 Å². The summed E-state index contributed by atoms with van der Waals surface area (Å²) in [6.45, 7) is 9.35. The van der Waals surface area contributed by atoms with Gasteiger partial charge < -0.3 is 14.2 Å². The number of hydrogen-bond donors (Lipinski definition) is 0. The normalized spacial score (nSPS) is 10.5. The van der Waals surface area contributed by atoms with Crippen LogP contribution in [-0.4, -0.2) is 26.0 Å². The zero-order valence-electron chi connectivity index (χ0n) is 17.0. The average molecular weight is 395 g/mol. The Kier molecular flexibility index (Phi) is 10.5. The van der Waals surface area contributed by atoms with Gasteiger partial charge in [-0.3, -0.25) is 4.79 Å². The first-order valence-corrected chi connectivity index (χ1v) is 9.95. The van der Waals surface area contributed by atoms with E-state index in [9.17, 15) is 4.79 Å². The maximum Gasteiger partial charge on any atom is 0.310 e. The summed E-state index contributed by atoms with van der Waals surface area (Å²) in [6.07, 6.45) is 6.59. The van der Waals surface area contributed by atoms with Gasteiger partial charge in [-0.2, -0.15) is 0 Å². The zero-order valence-corrected chi connectivity index (χ0v) is 17.0. The lowest BCUT2D eigenvalue weighted by Crippen LogP contribution is -2.09. The maximum absolute atomic E-state index is 11.8. The second-order valence-corrected chi connectivity index (χ2v) is 6.72. The summed E-state index contributed by atoms with van der Waals surface area (Å²) in [5, 5.41) is 0. The summed E-state index contributed by atoms with van der Waals surface area (Å²) in [5.41, 5.74) is 4.19. The Balaban J connectivity index is 1.42. The molecule has 29 heavy (non-hydrogen) atoms. The summed E-state index contributed by atoms with van der Waals surface area (Å²) in [6, 6.07) is 15.8. The highest BCUT2D eigenvalue weighted by Gasteiger charge is 2.04.